The van der Waals surface area contributed by atoms with E-state index in [1.165, 1.54) is 11.3 Å². The fourth-order valence-electron chi connectivity index (χ4n) is 2.67. The van der Waals surface area contributed by atoms with Crippen LogP contribution in [0.15, 0.2) is 53.9 Å². The van der Waals surface area contributed by atoms with Gasteiger partial charge in [0.15, 0.2) is 11.5 Å². The topological polar surface area (TPSA) is 55.1 Å². The molecule has 0 atom stereocenters. The van der Waals surface area contributed by atoms with Crippen LogP contribution in [0.3, 0.4) is 0 Å². The molecule has 0 unspecified atom stereocenters. The summed E-state index contributed by atoms with van der Waals surface area (Å²) < 4.78 is 11.2. The highest BCUT2D eigenvalue weighted by Crippen LogP contribution is 2.31. The first kappa shape index (κ1) is 19.7. The first-order chi connectivity index (χ1) is 13.7. The highest BCUT2D eigenvalue weighted by Gasteiger charge is 2.10. The van der Waals surface area contributed by atoms with E-state index in [-0.39, 0.29) is 0 Å². The second kappa shape index (κ2) is 9.72. The minimum Gasteiger partial charge on any atom is -0.493 e. The summed E-state index contributed by atoms with van der Waals surface area (Å²) in [6.45, 7) is 2.76. The van der Waals surface area contributed by atoms with Gasteiger partial charge < -0.3 is 9.47 Å². The van der Waals surface area contributed by atoms with Gasteiger partial charge in [-0.3, -0.25) is 0 Å². The Labute approximate surface area is 169 Å². The molecule has 0 aliphatic rings. The van der Waals surface area contributed by atoms with E-state index < -0.39 is 0 Å². The van der Waals surface area contributed by atoms with Crippen LogP contribution in [-0.2, 0) is 0 Å². The molecule has 1 heterocycles. The Morgan fingerprint density at radius 3 is 2.71 bits per heavy atom. The normalized spacial score (nSPS) is 11.1. The number of benzene rings is 2. The van der Waals surface area contributed by atoms with E-state index >= 15 is 0 Å². The van der Waals surface area contributed by atoms with Gasteiger partial charge in [-0.15, -0.1) is 11.3 Å². The summed E-state index contributed by atoms with van der Waals surface area (Å²) in [5.74, 6) is 1.37. The molecule has 0 amide bonds. The summed E-state index contributed by atoms with van der Waals surface area (Å²) in [6, 6.07) is 17.9. The Morgan fingerprint density at radius 2 is 2.00 bits per heavy atom. The quantitative estimate of drug-likeness (QED) is 0.346. The second-order valence-electron chi connectivity index (χ2n) is 6.19. The van der Waals surface area contributed by atoms with Gasteiger partial charge in [-0.1, -0.05) is 49.7 Å². The maximum absolute atomic E-state index is 9.66. The number of unbranched alkanes of at least 4 members (excludes halogenated alkanes) is 1. The smallest absolute Gasteiger partial charge is 0.161 e. The summed E-state index contributed by atoms with van der Waals surface area (Å²) in [6.07, 6.45) is 3.88. The number of nitrogens with zero attached hydrogens (tertiary/aromatic N) is 2. The molecule has 5 heteroatoms. The van der Waals surface area contributed by atoms with Crippen molar-refractivity contribution in [3.8, 4) is 28.8 Å². The fourth-order valence-corrected chi connectivity index (χ4v) is 3.46. The molecule has 0 fully saturated rings. The highest BCUT2D eigenvalue weighted by molar-refractivity contribution is 7.11. The number of rotatable bonds is 8. The number of hydrogen-bond donors (Lipinski definition) is 0. The van der Waals surface area contributed by atoms with Crippen LogP contribution < -0.4 is 9.47 Å². The van der Waals surface area contributed by atoms with E-state index in [9.17, 15) is 5.26 Å². The molecule has 0 aliphatic carbocycles. The molecular formula is C23H22N2O2S. The standard InChI is InChI=1S/C23H22N2O2S/c1-3-4-12-27-22-14-17(10-11-21(22)26-2)13-19(15-24)23-25-20(16-28-23)18-8-6-5-7-9-18/h5-11,13-14,16H,3-4,12H2,1-2H3/b19-13+. The average molecular weight is 391 g/mol. The predicted octanol–water partition coefficient (Wildman–Crippen LogP) is 6.06. The third-order valence-corrected chi connectivity index (χ3v) is 5.05. The van der Waals surface area contributed by atoms with E-state index in [1.807, 2.05) is 60.0 Å². The molecule has 142 valence electrons. The third kappa shape index (κ3) is 4.79. The van der Waals surface area contributed by atoms with Crippen molar-refractivity contribution in [2.75, 3.05) is 13.7 Å². The van der Waals surface area contributed by atoms with Gasteiger partial charge in [-0.25, -0.2) is 4.98 Å². The SMILES string of the molecule is CCCCOc1cc(/C=C(\C#N)c2nc(-c3ccccc3)cs2)ccc1OC. The molecule has 2 aromatic carbocycles. The number of hydrogen-bond acceptors (Lipinski definition) is 5. The fraction of sp³-hybridized carbons (Fsp3) is 0.217. The molecule has 3 rings (SSSR count). The minimum absolute atomic E-state index is 0.525. The minimum atomic E-state index is 0.525. The molecule has 0 bridgehead atoms. The van der Waals surface area contributed by atoms with Crippen molar-refractivity contribution in [2.45, 2.75) is 19.8 Å². The van der Waals surface area contributed by atoms with Crippen molar-refractivity contribution in [1.82, 2.24) is 4.98 Å². The van der Waals surface area contributed by atoms with Crippen LogP contribution in [0.2, 0.25) is 0 Å². The number of thiazole rings is 1. The Kier molecular flexibility index (Phi) is 6.83. The van der Waals surface area contributed by atoms with Crippen molar-refractivity contribution in [2.24, 2.45) is 0 Å². The molecule has 28 heavy (non-hydrogen) atoms. The Hall–Kier alpha value is -3.10. The molecule has 0 aliphatic heterocycles. The van der Waals surface area contributed by atoms with Crippen LogP contribution in [0.4, 0.5) is 0 Å². The lowest BCUT2D eigenvalue weighted by Crippen LogP contribution is -1.99. The molecule has 0 saturated heterocycles. The first-order valence-electron chi connectivity index (χ1n) is 9.19. The van der Waals surface area contributed by atoms with Crippen molar-refractivity contribution < 1.29 is 9.47 Å². The van der Waals surface area contributed by atoms with Crippen LogP contribution in [-0.4, -0.2) is 18.7 Å². The largest absolute Gasteiger partial charge is 0.493 e. The summed E-state index contributed by atoms with van der Waals surface area (Å²) >= 11 is 1.47. The van der Waals surface area contributed by atoms with E-state index in [4.69, 9.17) is 9.47 Å². The van der Waals surface area contributed by atoms with E-state index in [0.29, 0.717) is 28.7 Å². The van der Waals surface area contributed by atoms with Crippen molar-refractivity contribution in [3.63, 3.8) is 0 Å². The molecule has 4 nitrogen and oxygen atoms in total. The average Bonchev–Trinajstić information content (AvgIpc) is 3.23. The number of aromatic nitrogens is 1. The van der Waals surface area contributed by atoms with Crippen LogP contribution in [0.1, 0.15) is 30.3 Å². The summed E-state index contributed by atoms with van der Waals surface area (Å²) in [4.78, 5) is 4.64. The molecule has 0 spiro atoms. The number of nitriles is 1. The van der Waals surface area contributed by atoms with E-state index in [0.717, 1.165) is 29.7 Å². The van der Waals surface area contributed by atoms with Crippen molar-refractivity contribution in [3.05, 3.63) is 64.5 Å². The lowest BCUT2D eigenvalue weighted by Gasteiger charge is -2.11. The number of methoxy groups -OCH3 is 1. The monoisotopic (exact) mass is 390 g/mol. The highest BCUT2D eigenvalue weighted by atomic mass is 32.1. The van der Waals surface area contributed by atoms with Gasteiger partial charge in [-0.2, -0.15) is 5.26 Å². The van der Waals surface area contributed by atoms with Gasteiger partial charge in [0.05, 0.1) is 25.0 Å². The molecule has 0 saturated carbocycles. The van der Waals surface area contributed by atoms with Gasteiger partial charge in [0, 0.05) is 10.9 Å². The third-order valence-electron chi connectivity index (χ3n) is 4.18. The van der Waals surface area contributed by atoms with Crippen LogP contribution in [0.25, 0.3) is 22.9 Å². The van der Waals surface area contributed by atoms with Gasteiger partial charge in [0.2, 0.25) is 0 Å². The predicted molar refractivity (Wildman–Crippen MR) is 114 cm³/mol. The van der Waals surface area contributed by atoms with E-state index in [2.05, 4.69) is 18.0 Å². The van der Waals surface area contributed by atoms with Crippen molar-refractivity contribution >= 4 is 23.0 Å². The van der Waals surface area contributed by atoms with Crippen LogP contribution in [0.5, 0.6) is 11.5 Å². The van der Waals surface area contributed by atoms with Crippen LogP contribution in [0, 0.1) is 11.3 Å². The van der Waals surface area contributed by atoms with Gasteiger partial charge in [0.25, 0.3) is 0 Å². The number of ether oxygens (including phenoxy) is 2. The Balaban J connectivity index is 1.87. The molecule has 0 N–H and O–H groups in total. The summed E-state index contributed by atoms with van der Waals surface area (Å²) in [5, 5.41) is 12.3. The summed E-state index contributed by atoms with van der Waals surface area (Å²) in [5.41, 5.74) is 3.32. The Bertz CT molecular complexity index is 987. The zero-order valence-electron chi connectivity index (χ0n) is 16.0. The molecule has 1 aromatic heterocycles. The Morgan fingerprint density at radius 1 is 1.18 bits per heavy atom. The second-order valence-corrected chi connectivity index (χ2v) is 7.04. The molecule has 3 aromatic rings. The van der Waals surface area contributed by atoms with Gasteiger partial charge in [0.1, 0.15) is 11.1 Å². The summed E-state index contributed by atoms with van der Waals surface area (Å²) in [7, 11) is 1.62. The van der Waals surface area contributed by atoms with Gasteiger partial charge in [-0.05, 0) is 30.2 Å². The van der Waals surface area contributed by atoms with E-state index in [1.54, 1.807) is 7.11 Å². The lowest BCUT2D eigenvalue weighted by molar-refractivity contribution is 0.288. The van der Waals surface area contributed by atoms with Crippen molar-refractivity contribution in [1.29, 1.82) is 5.26 Å². The molecular weight excluding hydrogens is 368 g/mol. The molecule has 0 radical (unpaired) electrons. The zero-order chi connectivity index (χ0) is 19.8. The first-order valence-corrected chi connectivity index (χ1v) is 10.1. The maximum atomic E-state index is 9.66. The van der Waals surface area contributed by atoms with Crippen LogP contribution >= 0.6 is 11.3 Å². The number of allylic oxidation sites excluding steroid dienone is 1. The zero-order valence-corrected chi connectivity index (χ0v) is 16.8. The maximum Gasteiger partial charge on any atom is 0.161 e. The van der Waals surface area contributed by atoms with Gasteiger partial charge >= 0.3 is 0 Å². The lowest BCUT2D eigenvalue weighted by atomic mass is 10.1.